The molecule has 0 radical (unpaired) electrons. The van der Waals surface area contributed by atoms with Crippen molar-refractivity contribution >= 4 is 17.4 Å². The van der Waals surface area contributed by atoms with Gasteiger partial charge in [0.1, 0.15) is 5.75 Å². The molecular weight excluding hydrogens is 388 g/mol. The molecule has 0 bridgehead atoms. The quantitative estimate of drug-likeness (QED) is 0.620. The van der Waals surface area contributed by atoms with Gasteiger partial charge < -0.3 is 15.8 Å². The van der Waals surface area contributed by atoms with Crippen LogP contribution in [0.4, 0.5) is 10.5 Å². The zero-order chi connectivity index (χ0) is 22.4. The van der Waals surface area contributed by atoms with Gasteiger partial charge in [0.15, 0.2) is 0 Å². The third kappa shape index (κ3) is 5.07. The van der Waals surface area contributed by atoms with Crippen LogP contribution >= 0.6 is 0 Å². The van der Waals surface area contributed by atoms with Crippen molar-refractivity contribution in [2.24, 2.45) is 22.2 Å². The average Bonchev–Trinajstić information content (AvgIpc) is 3.22. The second-order valence-corrected chi connectivity index (χ2v) is 8.38. The van der Waals surface area contributed by atoms with E-state index in [1.807, 2.05) is 68.4 Å². The molecule has 31 heavy (non-hydrogen) atoms. The van der Waals surface area contributed by atoms with E-state index in [4.69, 9.17) is 15.6 Å². The second kappa shape index (κ2) is 9.96. The van der Waals surface area contributed by atoms with Crippen LogP contribution < -0.4 is 15.8 Å². The molecule has 0 spiro atoms. The monoisotopic (exact) mass is 422 g/mol. The number of nitrogens with zero attached hydrogens (tertiary/aromatic N) is 2. The summed E-state index contributed by atoms with van der Waals surface area (Å²) in [4.78, 5) is 13.0. The SMILES string of the molecule is CCC(CC)(CN)[C@H]1CN(C(=O)Nc2ccccc2)N=C1c1ccc(OC(C)C)cc1. The van der Waals surface area contributed by atoms with Gasteiger partial charge in [-0.3, -0.25) is 0 Å². The molecule has 166 valence electrons. The maximum Gasteiger partial charge on any atom is 0.342 e. The molecule has 2 aromatic rings. The van der Waals surface area contributed by atoms with E-state index in [0.717, 1.165) is 35.6 Å². The van der Waals surface area contributed by atoms with Gasteiger partial charge in [-0.2, -0.15) is 5.10 Å². The Bertz CT molecular complexity index is 881. The minimum absolute atomic E-state index is 0.0610. The number of hydrazone groups is 1. The van der Waals surface area contributed by atoms with Gasteiger partial charge in [0.05, 0.1) is 18.4 Å². The van der Waals surface area contributed by atoms with Crippen LogP contribution in [0.2, 0.25) is 0 Å². The maximum atomic E-state index is 13.0. The first-order valence-corrected chi connectivity index (χ1v) is 11.1. The standard InChI is InChI=1S/C25H34N4O2/c1-5-25(6-2,17-26)22-16-29(24(30)27-20-10-8-7-9-11-20)28-23(22)19-12-14-21(15-13-19)31-18(3)4/h7-15,18,22H,5-6,16-17,26H2,1-4H3,(H,27,30)/t22-/m0/s1. The van der Waals surface area contributed by atoms with Gasteiger partial charge in [0.2, 0.25) is 0 Å². The molecule has 0 unspecified atom stereocenters. The van der Waals surface area contributed by atoms with E-state index in [1.165, 1.54) is 0 Å². The smallest absolute Gasteiger partial charge is 0.342 e. The van der Waals surface area contributed by atoms with Gasteiger partial charge in [-0.05, 0) is 80.6 Å². The highest BCUT2D eigenvalue weighted by Crippen LogP contribution is 2.40. The fourth-order valence-corrected chi connectivity index (χ4v) is 4.23. The van der Waals surface area contributed by atoms with E-state index in [2.05, 4.69) is 19.2 Å². The summed E-state index contributed by atoms with van der Waals surface area (Å²) in [6, 6.07) is 17.2. The van der Waals surface area contributed by atoms with Crippen LogP contribution in [0, 0.1) is 11.3 Å². The molecule has 1 aliphatic heterocycles. The van der Waals surface area contributed by atoms with Gasteiger partial charge in [-0.1, -0.05) is 32.0 Å². The van der Waals surface area contributed by atoms with Crippen molar-refractivity contribution in [2.45, 2.75) is 46.6 Å². The molecule has 2 amide bonds. The summed E-state index contributed by atoms with van der Waals surface area (Å²) in [5.74, 6) is 0.884. The van der Waals surface area contributed by atoms with Crippen LogP contribution in [-0.2, 0) is 0 Å². The lowest BCUT2D eigenvalue weighted by molar-refractivity contribution is 0.172. The summed E-state index contributed by atoms with van der Waals surface area (Å²) in [5, 5.41) is 9.26. The molecule has 3 rings (SSSR count). The van der Waals surface area contributed by atoms with Gasteiger partial charge in [-0.25, -0.2) is 9.80 Å². The van der Waals surface area contributed by atoms with E-state index < -0.39 is 0 Å². The largest absolute Gasteiger partial charge is 0.491 e. The summed E-state index contributed by atoms with van der Waals surface area (Å²) < 4.78 is 5.78. The zero-order valence-electron chi connectivity index (χ0n) is 19.0. The van der Waals surface area contributed by atoms with Crippen molar-refractivity contribution < 1.29 is 9.53 Å². The zero-order valence-corrected chi connectivity index (χ0v) is 19.0. The minimum atomic E-state index is -0.232. The predicted octanol–water partition coefficient (Wildman–Crippen LogP) is 5.11. The molecule has 0 saturated heterocycles. The third-order valence-electron chi connectivity index (χ3n) is 6.25. The normalized spacial score (nSPS) is 16.4. The molecule has 1 heterocycles. The molecule has 0 aromatic heterocycles. The van der Waals surface area contributed by atoms with Gasteiger partial charge in [0.25, 0.3) is 0 Å². The first-order chi connectivity index (χ1) is 14.9. The number of ether oxygens (including phenoxy) is 1. The number of benzene rings is 2. The van der Waals surface area contributed by atoms with Gasteiger partial charge in [0, 0.05) is 11.6 Å². The van der Waals surface area contributed by atoms with Crippen LogP contribution in [0.3, 0.4) is 0 Å². The van der Waals surface area contributed by atoms with E-state index in [9.17, 15) is 4.79 Å². The number of rotatable bonds is 8. The van der Waals surface area contributed by atoms with E-state index in [1.54, 1.807) is 5.01 Å². The first kappa shape index (κ1) is 22.8. The molecule has 1 atom stereocenters. The summed E-state index contributed by atoms with van der Waals surface area (Å²) in [7, 11) is 0. The molecule has 2 aromatic carbocycles. The highest BCUT2D eigenvalue weighted by Gasteiger charge is 2.43. The van der Waals surface area contributed by atoms with Crippen LogP contribution in [0.1, 0.15) is 46.1 Å². The predicted molar refractivity (Wildman–Crippen MR) is 126 cm³/mol. The van der Waals surface area contributed by atoms with Crippen molar-refractivity contribution in [2.75, 3.05) is 18.4 Å². The lowest BCUT2D eigenvalue weighted by Gasteiger charge is -2.37. The van der Waals surface area contributed by atoms with Crippen LogP contribution in [0.15, 0.2) is 59.7 Å². The fourth-order valence-electron chi connectivity index (χ4n) is 4.23. The molecule has 0 aliphatic carbocycles. The number of carbonyl (C=O) groups excluding carboxylic acids is 1. The van der Waals surface area contributed by atoms with Gasteiger partial charge in [-0.15, -0.1) is 0 Å². The van der Waals surface area contributed by atoms with E-state index in [-0.39, 0.29) is 23.5 Å². The van der Waals surface area contributed by atoms with Crippen molar-refractivity contribution in [3.63, 3.8) is 0 Å². The number of nitrogens with two attached hydrogens (primary N) is 1. The maximum absolute atomic E-state index is 13.0. The number of urea groups is 1. The van der Waals surface area contributed by atoms with Gasteiger partial charge >= 0.3 is 6.03 Å². The Hall–Kier alpha value is -2.86. The summed E-state index contributed by atoms with van der Waals surface area (Å²) in [6.07, 6.45) is 1.96. The van der Waals surface area contributed by atoms with Crippen LogP contribution in [0.5, 0.6) is 5.75 Å². The summed E-state index contributed by atoms with van der Waals surface area (Å²) in [6.45, 7) is 9.41. The number of para-hydroxylation sites is 1. The summed E-state index contributed by atoms with van der Waals surface area (Å²) in [5.41, 5.74) is 8.82. The molecule has 0 saturated carbocycles. The fraction of sp³-hybridized carbons (Fsp3) is 0.440. The van der Waals surface area contributed by atoms with Crippen molar-refractivity contribution in [3.8, 4) is 5.75 Å². The Morgan fingerprint density at radius 1 is 1.16 bits per heavy atom. The Morgan fingerprint density at radius 3 is 2.35 bits per heavy atom. The first-order valence-electron chi connectivity index (χ1n) is 11.1. The number of hydrogen-bond acceptors (Lipinski definition) is 4. The number of amides is 2. The summed E-state index contributed by atoms with van der Waals surface area (Å²) >= 11 is 0. The molecule has 0 fully saturated rings. The molecular formula is C25H34N4O2. The molecule has 3 N–H and O–H groups in total. The van der Waals surface area contributed by atoms with Crippen molar-refractivity contribution in [1.29, 1.82) is 0 Å². The minimum Gasteiger partial charge on any atom is -0.491 e. The lowest BCUT2D eigenvalue weighted by Crippen LogP contribution is -2.43. The number of anilines is 1. The molecule has 6 heteroatoms. The highest BCUT2D eigenvalue weighted by atomic mass is 16.5. The molecule has 1 aliphatic rings. The topological polar surface area (TPSA) is 80.0 Å². The second-order valence-electron chi connectivity index (χ2n) is 8.38. The van der Waals surface area contributed by atoms with Crippen molar-refractivity contribution in [1.82, 2.24) is 5.01 Å². The lowest BCUT2D eigenvalue weighted by atomic mass is 9.68. The van der Waals surface area contributed by atoms with Crippen molar-refractivity contribution in [3.05, 3.63) is 60.2 Å². The number of nitrogens with one attached hydrogen (secondary N) is 1. The Labute approximate surface area is 185 Å². The van der Waals surface area contributed by atoms with E-state index >= 15 is 0 Å². The number of hydrogen-bond donors (Lipinski definition) is 2. The van der Waals surface area contributed by atoms with E-state index in [0.29, 0.717) is 13.1 Å². The highest BCUT2D eigenvalue weighted by molar-refractivity contribution is 6.05. The Morgan fingerprint density at radius 2 is 1.81 bits per heavy atom. The third-order valence-corrected chi connectivity index (χ3v) is 6.25. The average molecular weight is 423 g/mol. The molecule has 6 nitrogen and oxygen atoms in total. The number of carbonyl (C=O) groups is 1. The van der Waals surface area contributed by atoms with Crippen LogP contribution in [-0.4, -0.2) is 35.9 Å². The Kier molecular flexibility index (Phi) is 7.33. The Balaban J connectivity index is 1.91. The van der Waals surface area contributed by atoms with Crippen LogP contribution in [0.25, 0.3) is 0 Å².